The van der Waals surface area contributed by atoms with Gasteiger partial charge in [0.25, 0.3) is 0 Å². The lowest BCUT2D eigenvalue weighted by Crippen LogP contribution is -2.26. The predicted molar refractivity (Wildman–Crippen MR) is 60.2 cm³/mol. The van der Waals surface area contributed by atoms with Gasteiger partial charge >= 0.3 is 0 Å². The molecule has 0 fully saturated rings. The van der Waals surface area contributed by atoms with Crippen molar-refractivity contribution in [1.82, 2.24) is 5.32 Å². The minimum absolute atomic E-state index is 0.0771. The first kappa shape index (κ1) is 11.6. The minimum atomic E-state index is -0.0771. The summed E-state index contributed by atoms with van der Waals surface area (Å²) in [6, 6.07) is 3.59. The molecule has 0 saturated carbocycles. The van der Waals surface area contributed by atoms with Crippen LogP contribution < -0.4 is 5.32 Å². The maximum absolute atomic E-state index is 11.3. The van der Waals surface area contributed by atoms with E-state index in [9.17, 15) is 4.79 Å². The van der Waals surface area contributed by atoms with Crippen LogP contribution in [-0.2, 0) is 4.79 Å². The van der Waals surface area contributed by atoms with Crippen LogP contribution in [0.25, 0.3) is 6.08 Å². The van der Waals surface area contributed by atoms with Crippen LogP contribution in [-0.4, -0.2) is 12.5 Å². The molecule has 1 amide bonds. The highest BCUT2D eigenvalue weighted by Gasteiger charge is 2.00. The molecule has 1 N–H and O–H groups in total. The molecule has 0 bridgehead atoms. The highest BCUT2D eigenvalue weighted by atomic mass is 16.3. The summed E-state index contributed by atoms with van der Waals surface area (Å²) >= 11 is 0. The molecule has 1 unspecified atom stereocenters. The number of nitrogens with one attached hydrogen (secondary N) is 1. The van der Waals surface area contributed by atoms with E-state index in [1.165, 1.54) is 6.08 Å². The molecule has 0 saturated heterocycles. The molecule has 0 aliphatic heterocycles. The number of furan rings is 1. The Labute approximate surface area is 90.2 Å². The molecular weight excluding hydrogens is 190 g/mol. The van der Waals surface area contributed by atoms with Crippen molar-refractivity contribution >= 4 is 12.0 Å². The van der Waals surface area contributed by atoms with Crippen LogP contribution in [0.2, 0.25) is 0 Å². The van der Waals surface area contributed by atoms with Crippen LogP contribution in [0.1, 0.15) is 26.0 Å². The highest BCUT2D eigenvalue weighted by Crippen LogP contribution is 2.02. The number of rotatable bonds is 5. The predicted octanol–water partition coefficient (Wildman–Crippen LogP) is 2.46. The molecule has 0 radical (unpaired) electrons. The van der Waals surface area contributed by atoms with Crippen LogP contribution in [0.4, 0.5) is 0 Å². The number of amides is 1. The van der Waals surface area contributed by atoms with Crippen molar-refractivity contribution in [2.45, 2.75) is 20.3 Å². The van der Waals surface area contributed by atoms with Crippen molar-refractivity contribution in [2.24, 2.45) is 5.92 Å². The van der Waals surface area contributed by atoms with E-state index >= 15 is 0 Å². The van der Waals surface area contributed by atoms with Gasteiger partial charge in [0.2, 0.25) is 5.91 Å². The zero-order valence-electron chi connectivity index (χ0n) is 9.19. The van der Waals surface area contributed by atoms with Crippen molar-refractivity contribution in [2.75, 3.05) is 6.54 Å². The Morgan fingerprint density at radius 1 is 1.67 bits per heavy atom. The Kier molecular flexibility index (Phi) is 4.68. The molecule has 0 aliphatic carbocycles. The van der Waals surface area contributed by atoms with Crippen molar-refractivity contribution in [3.63, 3.8) is 0 Å². The second-order valence-corrected chi connectivity index (χ2v) is 3.61. The first-order chi connectivity index (χ1) is 7.22. The van der Waals surface area contributed by atoms with Gasteiger partial charge in [-0.15, -0.1) is 0 Å². The molecule has 0 spiro atoms. The first-order valence-corrected chi connectivity index (χ1v) is 5.21. The van der Waals surface area contributed by atoms with Crippen molar-refractivity contribution in [3.8, 4) is 0 Å². The minimum Gasteiger partial charge on any atom is -0.465 e. The van der Waals surface area contributed by atoms with Gasteiger partial charge in [-0.3, -0.25) is 4.79 Å². The fourth-order valence-electron chi connectivity index (χ4n) is 1.02. The zero-order chi connectivity index (χ0) is 11.1. The summed E-state index contributed by atoms with van der Waals surface area (Å²) in [5.74, 6) is 1.13. The van der Waals surface area contributed by atoms with Crippen molar-refractivity contribution < 1.29 is 9.21 Å². The molecule has 1 aromatic heterocycles. The van der Waals surface area contributed by atoms with Crippen molar-refractivity contribution in [3.05, 3.63) is 30.2 Å². The summed E-state index contributed by atoms with van der Waals surface area (Å²) in [6.45, 7) is 4.93. The zero-order valence-corrected chi connectivity index (χ0v) is 9.19. The van der Waals surface area contributed by atoms with E-state index < -0.39 is 0 Å². The highest BCUT2D eigenvalue weighted by molar-refractivity contribution is 5.91. The van der Waals surface area contributed by atoms with Crippen LogP contribution >= 0.6 is 0 Å². The Morgan fingerprint density at radius 2 is 2.47 bits per heavy atom. The first-order valence-electron chi connectivity index (χ1n) is 5.21. The van der Waals surface area contributed by atoms with E-state index in [0.717, 1.165) is 13.0 Å². The molecule has 15 heavy (non-hydrogen) atoms. The number of carbonyl (C=O) groups excluding carboxylic acids is 1. The maximum Gasteiger partial charge on any atom is 0.244 e. The summed E-state index contributed by atoms with van der Waals surface area (Å²) in [5.41, 5.74) is 0. The van der Waals surface area contributed by atoms with E-state index in [1.807, 2.05) is 0 Å². The van der Waals surface area contributed by atoms with Gasteiger partial charge in [-0.25, -0.2) is 0 Å². The molecule has 3 nitrogen and oxygen atoms in total. The van der Waals surface area contributed by atoms with E-state index in [4.69, 9.17) is 4.42 Å². The number of hydrogen-bond acceptors (Lipinski definition) is 2. The third kappa shape index (κ3) is 4.49. The second-order valence-electron chi connectivity index (χ2n) is 3.61. The molecule has 82 valence electrons. The molecular formula is C12H17NO2. The van der Waals surface area contributed by atoms with Gasteiger partial charge in [-0.1, -0.05) is 20.3 Å². The third-order valence-electron chi connectivity index (χ3n) is 2.26. The summed E-state index contributed by atoms with van der Waals surface area (Å²) in [7, 11) is 0. The summed E-state index contributed by atoms with van der Waals surface area (Å²) in [4.78, 5) is 11.3. The molecule has 1 atom stereocenters. The van der Waals surface area contributed by atoms with E-state index in [-0.39, 0.29) is 5.91 Å². The van der Waals surface area contributed by atoms with Gasteiger partial charge in [0.1, 0.15) is 5.76 Å². The Balaban J connectivity index is 2.30. The Bertz CT molecular complexity index is 314. The molecule has 0 aromatic carbocycles. The quantitative estimate of drug-likeness (QED) is 0.753. The smallest absolute Gasteiger partial charge is 0.244 e. The fraction of sp³-hybridized carbons (Fsp3) is 0.417. The second kappa shape index (κ2) is 6.06. The summed E-state index contributed by atoms with van der Waals surface area (Å²) in [6.07, 6.45) is 5.80. The summed E-state index contributed by atoms with van der Waals surface area (Å²) in [5, 5.41) is 2.83. The topological polar surface area (TPSA) is 42.2 Å². The molecule has 1 heterocycles. The maximum atomic E-state index is 11.3. The van der Waals surface area contributed by atoms with Gasteiger partial charge in [0.15, 0.2) is 0 Å². The van der Waals surface area contributed by atoms with Gasteiger partial charge in [-0.05, 0) is 24.1 Å². The van der Waals surface area contributed by atoms with Crippen LogP contribution in [0, 0.1) is 5.92 Å². The largest absolute Gasteiger partial charge is 0.465 e. The Hall–Kier alpha value is -1.51. The van der Waals surface area contributed by atoms with Crippen LogP contribution in [0.5, 0.6) is 0 Å². The van der Waals surface area contributed by atoms with E-state index in [1.54, 1.807) is 24.5 Å². The Morgan fingerprint density at radius 3 is 3.07 bits per heavy atom. The average Bonchev–Trinajstić information content (AvgIpc) is 2.75. The lowest BCUT2D eigenvalue weighted by molar-refractivity contribution is -0.116. The molecule has 1 aromatic rings. The standard InChI is InChI=1S/C12H17NO2/c1-3-10(2)9-13-12(14)7-6-11-5-4-8-15-11/h4-8,10H,3,9H2,1-2H3,(H,13,14)/b7-6+. The number of hydrogen-bond donors (Lipinski definition) is 1. The van der Waals surface area contributed by atoms with Gasteiger partial charge in [0, 0.05) is 12.6 Å². The average molecular weight is 207 g/mol. The third-order valence-corrected chi connectivity index (χ3v) is 2.26. The van der Waals surface area contributed by atoms with Gasteiger partial charge in [-0.2, -0.15) is 0 Å². The lowest BCUT2D eigenvalue weighted by atomic mass is 10.1. The molecule has 0 aliphatic rings. The lowest BCUT2D eigenvalue weighted by Gasteiger charge is -2.07. The van der Waals surface area contributed by atoms with Crippen molar-refractivity contribution in [1.29, 1.82) is 0 Å². The van der Waals surface area contributed by atoms with E-state index in [0.29, 0.717) is 11.7 Å². The molecule has 3 heteroatoms. The monoisotopic (exact) mass is 207 g/mol. The SMILES string of the molecule is CCC(C)CNC(=O)/C=C/c1ccco1. The van der Waals surface area contributed by atoms with E-state index in [2.05, 4.69) is 19.2 Å². The van der Waals surface area contributed by atoms with Crippen LogP contribution in [0.3, 0.4) is 0 Å². The van der Waals surface area contributed by atoms with Gasteiger partial charge in [0.05, 0.1) is 6.26 Å². The van der Waals surface area contributed by atoms with Crippen LogP contribution in [0.15, 0.2) is 28.9 Å². The van der Waals surface area contributed by atoms with Gasteiger partial charge < -0.3 is 9.73 Å². The molecule has 1 rings (SSSR count). The number of carbonyl (C=O) groups is 1. The normalized spacial score (nSPS) is 12.9. The fourth-order valence-corrected chi connectivity index (χ4v) is 1.02. The summed E-state index contributed by atoms with van der Waals surface area (Å²) < 4.78 is 5.06.